The third-order valence-corrected chi connectivity index (χ3v) is 3.61. The summed E-state index contributed by atoms with van der Waals surface area (Å²) in [6, 6.07) is 0. The quantitative estimate of drug-likeness (QED) is 0.773. The molecule has 3 nitrogen and oxygen atoms in total. The maximum atomic E-state index is 3.62. The molecule has 0 radical (unpaired) electrons. The molecule has 1 fully saturated rings. The molecule has 100 valence electrons. The van der Waals surface area contributed by atoms with Crippen LogP contribution in [0.15, 0.2) is 11.8 Å². The fourth-order valence-electron chi connectivity index (χ4n) is 2.59. The van der Waals surface area contributed by atoms with E-state index in [0.29, 0.717) is 6.17 Å². The summed E-state index contributed by atoms with van der Waals surface area (Å²) in [6.07, 6.45) is 8.05. The molecule has 2 aliphatic heterocycles. The van der Waals surface area contributed by atoms with Crippen molar-refractivity contribution in [1.29, 1.82) is 0 Å². The molecule has 2 rings (SSSR count). The van der Waals surface area contributed by atoms with Crippen LogP contribution in [0.3, 0.4) is 0 Å². The number of rotatable bonds is 2. The summed E-state index contributed by atoms with van der Waals surface area (Å²) in [7, 11) is 4.30. The number of piperidine rings is 1. The summed E-state index contributed by atoms with van der Waals surface area (Å²) in [5.41, 5.74) is 1.63. The first-order valence-corrected chi connectivity index (χ1v) is 7.09. The summed E-state index contributed by atoms with van der Waals surface area (Å²) in [5, 5.41) is 6.99. The molecule has 2 unspecified atom stereocenters. The van der Waals surface area contributed by atoms with Gasteiger partial charge in [0.1, 0.15) is 0 Å². The molecule has 0 aromatic carbocycles. The molecule has 2 aliphatic rings. The van der Waals surface area contributed by atoms with Crippen molar-refractivity contribution in [1.82, 2.24) is 15.5 Å². The van der Waals surface area contributed by atoms with Crippen LogP contribution in [0.5, 0.6) is 0 Å². The van der Waals surface area contributed by atoms with Gasteiger partial charge >= 0.3 is 0 Å². The number of nitrogens with one attached hydrogen (secondary N) is 2. The average Bonchev–Trinajstić information content (AvgIpc) is 2.42. The van der Waals surface area contributed by atoms with E-state index in [1.165, 1.54) is 25.7 Å². The lowest BCUT2D eigenvalue weighted by atomic mass is 9.87. The Bertz CT molecular complexity index is 228. The van der Waals surface area contributed by atoms with E-state index in [9.17, 15) is 0 Å². The molecule has 2 atom stereocenters. The van der Waals surface area contributed by atoms with Crippen LogP contribution in [0, 0.1) is 5.92 Å². The summed E-state index contributed by atoms with van der Waals surface area (Å²) in [5.74, 6) is 0.772. The Hall–Kier alpha value is -0.540. The lowest BCUT2D eigenvalue weighted by Crippen LogP contribution is -2.47. The van der Waals surface area contributed by atoms with Crippen LogP contribution in [-0.2, 0) is 0 Å². The number of hydrogen-bond acceptors (Lipinski definition) is 3. The van der Waals surface area contributed by atoms with E-state index in [1.54, 1.807) is 5.57 Å². The van der Waals surface area contributed by atoms with Gasteiger partial charge in [0.25, 0.3) is 0 Å². The minimum atomic E-state index is 0.582. The Morgan fingerprint density at radius 3 is 2.47 bits per heavy atom. The zero-order chi connectivity index (χ0) is 12.7. The zero-order valence-electron chi connectivity index (χ0n) is 11.9. The Labute approximate surface area is 107 Å². The van der Waals surface area contributed by atoms with Crippen LogP contribution in [-0.4, -0.2) is 38.3 Å². The molecule has 0 aromatic rings. The van der Waals surface area contributed by atoms with Crippen molar-refractivity contribution in [2.45, 2.75) is 45.7 Å². The molecule has 2 heterocycles. The third-order valence-electron chi connectivity index (χ3n) is 3.61. The third kappa shape index (κ3) is 4.32. The van der Waals surface area contributed by atoms with Crippen molar-refractivity contribution < 1.29 is 0 Å². The van der Waals surface area contributed by atoms with E-state index >= 15 is 0 Å². The van der Waals surface area contributed by atoms with Crippen molar-refractivity contribution in [2.75, 3.05) is 27.2 Å². The van der Waals surface area contributed by atoms with Crippen molar-refractivity contribution >= 4 is 0 Å². The second-order valence-corrected chi connectivity index (χ2v) is 4.94. The molecule has 0 aromatic heterocycles. The fourth-order valence-corrected chi connectivity index (χ4v) is 2.59. The molecule has 1 saturated heterocycles. The van der Waals surface area contributed by atoms with Gasteiger partial charge in [-0.05, 0) is 51.9 Å². The van der Waals surface area contributed by atoms with Gasteiger partial charge in [-0.1, -0.05) is 19.4 Å². The Balaban J connectivity index is 0.000000686. The fraction of sp³-hybridized carbons (Fsp3) is 0.857. The van der Waals surface area contributed by atoms with Crippen molar-refractivity contribution in [3.8, 4) is 0 Å². The monoisotopic (exact) mass is 239 g/mol. The normalized spacial score (nSPS) is 28.9. The van der Waals surface area contributed by atoms with Gasteiger partial charge in [0.05, 0.1) is 6.17 Å². The molecular weight excluding hydrogens is 210 g/mol. The van der Waals surface area contributed by atoms with Crippen LogP contribution in [0.1, 0.15) is 39.5 Å². The molecule has 0 bridgehead atoms. The summed E-state index contributed by atoms with van der Waals surface area (Å²) >= 11 is 0. The minimum Gasteiger partial charge on any atom is -0.391 e. The van der Waals surface area contributed by atoms with Gasteiger partial charge in [0.15, 0.2) is 0 Å². The van der Waals surface area contributed by atoms with E-state index in [4.69, 9.17) is 0 Å². The van der Waals surface area contributed by atoms with Crippen LogP contribution >= 0.6 is 0 Å². The van der Waals surface area contributed by atoms with E-state index in [2.05, 4.69) is 35.8 Å². The van der Waals surface area contributed by atoms with E-state index in [0.717, 1.165) is 19.0 Å². The molecule has 17 heavy (non-hydrogen) atoms. The van der Waals surface area contributed by atoms with Gasteiger partial charge in [0, 0.05) is 13.1 Å². The Kier molecular flexibility index (Phi) is 6.60. The second kappa shape index (κ2) is 7.72. The van der Waals surface area contributed by atoms with Crippen LogP contribution in [0.4, 0.5) is 0 Å². The van der Waals surface area contributed by atoms with Crippen LogP contribution in [0.25, 0.3) is 0 Å². The summed E-state index contributed by atoms with van der Waals surface area (Å²) in [4.78, 5) is 2.28. The summed E-state index contributed by atoms with van der Waals surface area (Å²) < 4.78 is 0. The predicted octanol–water partition coefficient (Wildman–Crippen LogP) is 2.17. The van der Waals surface area contributed by atoms with Crippen molar-refractivity contribution in [3.63, 3.8) is 0 Å². The van der Waals surface area contributed by atoms with Gasteiger partial charge in [-0.25, -0.2) is 0 Å². The molecule has 2 N–H and O–H groups in total. The lowest BCUT2D eigenvalue weighted by molar-refractivity contribution is 0.182. The van der Waals surface area contributed by atoms with E-state index in [1.807, 2.05) is 13.8 Å². The molecule has 0 amide bonds. The first-order valence-electron chi connectivity index (χ1n) is 7.09. The number of nitrogens with zero attached hydrogens (tertiary/aromatic N) is 1. The van der Waals surface area contributed by atoms with E-state index in [-0.39, 0.29) is 0 Å². The standard InChI is InChI=1S/C12H23N3.C2H6/c1-15(2)12-6-5-11(9-14-12)10-4-3-7-13-8-10;1-2/h8,11-14H,3-7,9H2,1-2H3;1-2H3. The highest BCUT2D eigenvalue weighted by Crippen LogP contribution is 2.26. The predicted molar refractivity (Wildman–Crippen MR) is 74.9 cm³/mol. The van der Waals surface area contributed by atoms with Gasteiger partial charge in [-0.3, -0.25) is 4.90 Å². The Morgan fingerprint density at radius 1 is 1.24 bits per heavy atom. The molecular formula is C14H29N3. The van der Waals surface area contributed by atoms with Crippen LogP contribution < -0.4 is 10.6 Å². The largest absolute Gasteiger partial charge is 0.391 e. The molecule has 0 aliphatic carbocycles. The molecule has 0 saturated carbocycles. The first kappa shape index (κ1) is 14.5. The zero-order valence-corrected chi connectivity index (χ0v) is 11.9. The highest BCUT2D eigenvalue weighted by Gasteiger charge is 2.24. The minimum absolute atomic E-state index is 0.582. The highest BCUT2D eigenvalue weighted by molar-refractivity contribution is 5.10. The molecule has 0 spiro atoms. The van der Waals surface area contributed by atoms with E-state index < -0.39 is 0 Å². The van der Waals surface area contributed by atoms with Crippen molar-refractivity contribution in [3.05, 3.63) is 11.8 Å². The van der Waals surface area contributed by atoms with Gasteiger partial charge in [-0.15, -0.1) is 0 Å². The SMILES string of the molecule is CC.CN(C)C1CCC(C2=CNCCC2)CN1. The average molecular weight is 239 g/mol. The van der Waals surface area contributed by atoms with Crippen molar-refractivity contribution in [2.24, 2.45) is 5.92 Å². The summed E-state index contributed by atoms with van der Waals surface area (Å²) in [6.45, 7) is 6.31. The maximum Gasteiger partial charge on any atom is 0.0592 e. The van der Waals surface area contributed by atoms with Gasteiger partial charge in [0.2, 0.25) is 0 Å². The topological polar surface area (TPSA) is 27.3 Å². The second-order valence-electron chi connectivity index (χ2n) is 4.94. The first-order chi connectivity index (χ1) is 8.27. The number of hydrogen-bond donors (Lipinski definition) is 2. The Morgan fingerprint density at radius 2 is 2.00 bits per heavy atom. The highest BCUT2D eigenvalue weighted by atomic mass is 15.2. The smallest absolute Gasteiger partial charge is 0.0592 e. The van der Waals surface area contributed by atoms with Gasteiger partial charge < -0.3 is 10.6 Å². The lowest BCUT2D eigenvalue weighted by Gasteiger charge is -2.35. The van der Waals surface area contributed by atoms with Crippen LogP contribution in [0.2, 0.25) is 0 Å². The molecule has 3 heteroatoms. The van der Waals surface area contributed by atoms with Gasteiger partial charge in [-0.2, -0.15) is 0 Å². The maximum absolute atomic E-state index is 3.62.